The van der Waals surface area contributed by atoms with E-state index in [2.05, 4.69) is 0 Å². The number of aliphatic hydroxyl groups is 2. The van der Waals surface area contributed by atoms with Crippen LogP contribution in [0.2, 0.25) is 0 Å². The van der Waals surface area contributed by atoms with Crippen LogP contribution in [-0.2, 0) is 4.74 Å². The summed E-state index contributed by atoms with van der Waals surface area (Å²) in [5.41, 5.74) is 6.29. The molecule has 0 aliphatic rings. The molecule has 20 heavy (non-hydrogen) atoms. The topological polar surface area (TPSA) is 88.2 Å². The highest BCUT2D eigenvalue weighted by Crippen LogP contribution is 2.19. The van der Waals surface area contributed by atoms with Gasteiger partial charge in [0.15, 0.2) is 0 Å². The van der Waals surface area contributed by atoms with Crippen molar-refractivity contribution in [1.82, 2.24) is 4.90 Å². The molecule has 0 saturated carbocycles. The Morgan fingerprint density at radius 3 is 2.35 bits per heavy atom. The Kier molecular flexibility index (Phi) is 7.32. The van der Waals surface area contributed by atoms with Gasteiger partial charge in [0.2, 0.25) is 0 Å². The quantitative estimate of drug-likeness (QED) is 0.551. The number of benzene rings is 1. The van der Waals surface area contributed by atoms with Gasteiger partial charge in [-0.1, -0.05) is 12.1 Å². The van der Waals surface area contributed by atoms with Crippen molar-refractivity contribution in [3.63, 3.8) is 0 Å². The Bertz CT molecular complexity index is 389. The zero-order valence-electron chi connectivity index (χ0n) is 12.0. The summed E-state index contributed by atoms with van der Waals surface area (Å²) in [5, 5.41) is 19.5. The molecule has 0 heterocycles. The normalized spacial score (nSPS) is 14.2. The molecule has 0 amide bonds. The van der Waals surface area contributed by atoms with E-state index in [0.29, 0.717) is 24.5 Å². The molecular formula is C14H24N2O4. The third-order valence-electron chi connectivity index (χ3n) is 2.75. The van der Waals surface area contributed by atoms with Gasteiger partial charge in [0.25, 0.3) is 0 Å². The van der Waals surface area contributed by atoms with Crippen molar-refractivity contribution < 1.29 is 19.7 Å². The van der Waals surface area contributed by atoms with Crippen molar-refractivity contribution in [3.8, 4) is 5.75 Å². The molecule has 4 N–H and O–H groups in total. The average Bonchev–Trinajstić information content (AvgIpc) is 2.37. The van der Waals surface area contributed by atoms with E-state index in [9.17, 15) is 10.2 Å². The molecule has 2 atom stereocenters. The third kappa shape index (κ3) is 6.21. The lowest BCUT2D eigenvalue weighted by Crippen LogP contribution is -2.38. The van der Waals surface area contributed by atoms with Gasteiger partial charge in [-0.25, -0.2) is 0 Å². The van der Waals surface area contributed by atoms with Crippen LogP contribution in [0.25, 0.3) is 0 Å². The minimum Gasteiger partial charge on any atom is -0.489 e. The molecule has 1 aromatic rings. The van der Waals surface area contributed by atoms with Crippen molar-refractivity contribution in [1.29, 1.82) is 0 Å². The van der Waals surface area contributed by atoms with Crippen LogP contribution in [0.15, 0.2) is 24.3 Å². The van der Waals surface area contributed by atoms with E-state index in [1.54, 1.807) is 12.1 Å². The first-order valence-corrected chi connectivity index (χ1v) is 6.53. The van der Waals surface area contributed by atoms with E-state index in [4.69, 9.17) is 15.2 Å². The van der Waals surface area contributed by atoms with Crippen LogP contribution < -0.4 is 10.5 Å². The van der Waals surface area contributed by atoms with Gasteiger partial charge in [-0.2, -0.15) is 0 Å². The third-order valence-corrected chi connectivity index (χ3v) is 2.75. The van der Waals surface area contributed by atoms with E-state index in [0.717, 1.165) is 0 Å². The van der Waals surface area contributed by atoms with Gasteiger partial charge in [-0.15, -0.1) is 0 Å². The molecule has 114 valence electrons. The second-order valence-corrected chi connectivity index (χ2v) is 4.83. The van der Waals surface area contributed by atoms with Gasteiger partial charge in [0, 0.05) is 20.2 Å². The van der Waals surface area contributed by atoms with Crippen molar-refractivity contribution in [2.45, 2.75) is 12.2 Å². The Morgan fingerprint density at radius 2 is 1.75 bits per heavy atom. The van der Waals surface area contributed by atoms with Crippen LogP contribution >= 0.6 is 0 Å². The highest BCUT2D eigenvalue weighted by atomic mass is 16.5. The van der Waals surface area contributed by atoms with Crippen LogP contribution in [0.1, 0.15) is 0 Å². The minimum absolute atomic E-state index is 0.152. The number of nitrogen functional groups attached to an aromatic ring is 1. The number of rotatable bonds is 9. The van der Waals surface area contributed by atoms with Crippen molar-refractivity contribution >= 4 is 5.69 Å². The lowest BCUT2D eigenvalue weighted by molar-refractivity contribution is 0.0244. The van der Waals surface area contributed by atoms with Gasteiger partial charge >= 0.3 is 0 Å². The molecule has 6 nitrogen and oxygen atoms in total. The fourth-order valence-corrected chi connectivity index (χ4v) is 1.89. The summed E-state index contributed by atoms with van der Waals surface area (Å²) in [4.78, 5) is 1.83. The molecule has 0 radical (unpaired) electrons. The van der Waals surface area contributed by atoms with Gasteiger partial charge in [0.1, 0.15) is 18.5 Å². The zero-order valence-corrected chi connectivity index (χ0v) is 12.0. The number of hydrogen-bond acceptors (Lipinski definition) is 6. The monoisotopic (exact) mass is 284 g/mol. The van der Waals surface area contributed by atoms with E-state index < -0.39 is 12.2 Å². The van der Waals surface area contributed by atoms with Crippen LogP contribution in [0.4, 0.5) is 5.69 Å². The summed E-state index contributed by atoms with van der Waals surface area (Å²) in [6, 6.07) is 7.15. The first-order valence-electron chi connectivity index (χ1n) is 6.53. The molecule has 0 aromatic heterocycles. The summed E-state index contributed by atoms with van der Waals surface area (Å²) in [5.74, 6) is 0.564. The number of nitrogens with two attached hydrogens (primary N) is 1. The summed E-state index contributed by atoms with van der Waals surface area (Å²) < 4.78 is 10.3. The number of likely N-dealkylation sites (N-methyl/N-ethyl adjacent to an activating group) is 1. The standard InChI is InChI=1S/C14H24N2O4/c1-16(7-11(17)9-19-2)8-12(18)10-20-14-6-4-3-5-13(14)15/h3-6,11-12,17-18H,7-10,15H2,1-2H3. The van der Waals surface area contributed by atoms with Gasteiger partial charge < -0.3 is 30.3 Å². The van der Waals surface area contributed by atoms with E-state index in [1.807, 2.05) is 24.1 Å². The summed E-state index contributed by atoms with van der Waals surface area (Å²) in [6.07, 6.45) is -1.22. The molecule has 6 heteroatoms. The SMILES string of the molecule is COCC(O)CN(C)CC(O)COc1ccccc1N. The first kappa shape index (κ1) is 16.7. The molecule has 1 rings (SSSR count). The van der Waals surface area contributed by atoms with E-state index >= 15 is 0 Å². The number of hydrogen-bond donors (Lipinski definition) is 3. The lowest BCUT2D eigenvalue weighted by Gasteiger charge is -2.23. The average molecular weight is 284 g/mol. The smallest absolute Gasteiger partial charge is 0.142 e. The molecule has 1 aromatic carbocycles. The van der Waals surface area contributed by atoms with Crippen LogP contribution in [0.5, 0.6) is 5.75 Å². The van der Waals surface area contributed by atoms with Crippen molar-refractivity contribution in [3.05, 3.63) is 24.3 Å². The molecule has 0 saturated heterocycles. The molecular weight excluding hydrogens is 260 g/mol. The van der Waals surface area contributed by atoms with Gasteiger partial charge in [-0.3, -0.25) is 0 Å². The Hall–Kier alpha value is -1.34. The predicted octanol–water partition coefficient (Wildman–Crippen LogP) is -0.0524. The van der Waals surface area contributed by atoms with Crippen molar-refractivity contribution in [2.24, 2.45) is 0 Å². The molecule has 0 aliphatic carbocycles. The van der Waals surface area contributed by atoms with Gasteiger partial charge in [0.05, 0.1) is 18.4 Å². The number of nitrogens with zero attached hydrogens (tertiary/aromatic N) is 1. The van der Waals surface area contributed by atoms with Crippen molar-refractivity contribution in [2.75, 3.05) is 46.2 Å². The Morgan fingerprint density at radius 1 is 1.15 bits per heavy atom. The number of ether oxygens (including phenoxy) is 2. The maximum Gasteiger partial charge on any atom is 0.142 e. The summed E-state index contributed by atoms with van der Waals surface area (Å²) >= 11 is 0. The molecule has 0 fully saturated rings. The number of para-hydroxylation sites is 2. The summed E-state index contributed by atoms with van der Waals surface area (Å²) in [7, 11) is 3.36. The van der Waals surface area contributed by atoms with Crippen LogP contribution in [0.3, 0.4) is 0 Å². The Balaban J connectivity index is 2.29. The molecule has 2 unspecified atom stereocenters. The zero-order chi connectivity index (χ0) is 15.0. The van der Waals surface area contributed by atoms with E-state index in [1.165, 1.54) is 7.11 Å². The Labute approximate surface area is 119 Å². The predicted molar refractivity (Wildman–Crippen MR) is 77.7 cm³/mol. The first-order chi connectivity index (χ1) is 9.52. The fourth-order valence-electron chi connectivity index (χ4n) is 1.89. The molecule has 0 bridgehead atoms. The number of aliphatic hydroxyl groups excluding tert-OH is 2. The number of methoxy groups -OCH3 is 1. The molecule has 0 aliphatic heterocycles. The molecule has 0 spiro atoms. The number of anilines is 1. The fraction of sp³-hybridized carbons (Fsp3) is 0.571. The summed E-state index contributed by atoms with van der Waals surface area (Å²) in [6.45, 7) is 1.25. The second-order valence-electron chi connectivity index (χ2n) is 4.83. The highest BCUT2D eigenvalue weighted by molar-refractivity contribution is 5.51. The van der Waals surface area contributed by atoms with Gasteiger partial charge in [-0.05, 0) is 19.2 Å². The minimum atomic E-state index is -0.658. The van der Waals surface area contributed by atoms with E-state index in [-0.39, 0.29) is 13.2 Å². The second kappa shape index (κ2) is 8.76. The largest absolute Gasteiger partial charge is 0.489 e. The lowest BCUT2D eigenvalue weighted by atomic mass is 10.3. The van der Waals surface area contributed by atoms with Crippen LogP contribution in [0, 0.1) is 0 Å². The highest BCUT2D eigenvalue weighted by Gasteiger charge is 2.13. The van der Waals surface area contributed by atoms with Crippen LogP contribution in [-0.4, -0.2) is 67.8 Å². The maximum absolute atomic E-state index is 9.89. The maximum atomic E-state index is 9.89.